The minimum atomic E-state index is 0.479. The number of ether oxygens (including phenoxy) is 1. The summed E-state index contributed by atoms with van der Waals surface area (Å²) in [5.41, 5.74) is 4.21. The van der Waals surface area contributed by atoms with Gasteiger partial charge in [-0.3, -0.25) is 4.98 Å². The lowest BCUT2D eigenvalue weighted by molar-refractivity contribution is 0.0842. The highest BCUT2D eigenvalue weighted by Gasteiger charge is 2.29. The van der Waals surface area contributed by atoms with Crippen molar-refractivity contribution in [1.82, 2.24) is 15.0 Å². The summed E-state index contributed by atoms with van der Waals surface area (Å²) in [5.74, 6) is 1.64. The lowest BCUT2D eigenvalue weighted by atomic mass is 10.1. The summed E-state index contributed by atoms with van der Waals surface area (Å²) in [6.07, 6.45) is 5.86. The number of benzene rings is 1. The van der Waals surface area contributed by atoms with Crippen LogP contribution in [0.4, 0.5) is 23.1 Å². The first-order valence-electron chi connectivity index (χ1n) is 10.2. The smallest absolute Gasteiger partial charge is 0.229 e. The molecule has 5 rings (SSSR count). The van der Waals surface area contributed by atoms with Crippen molar-refractivity contribution in [1.29, 1.82) is 0 Å². The number of nitrogens with one attached hydrogen (secondary N) is 1. The fourth-order valence-corrected chi connectivity index (χ4v) is 4.22. The highest BCUT2D eigenvalue weighted by atomic mass is 16.5. The summed E-state index contributed by atoms with van der Waals surface area (Å²) in [5, 5.41) is 4.53. The second-order valence-corrected chi connectivity index (χ2v) is 7.85. The molecule has 2 aliphatic heterocycles. The molecule has 0 saturated carbocycles. The Kier molecular flexibility index (Phi) is 4.67. The molecule has 1 saturated heterocycles. The molecule has 29 heavy (non-hydrogen) atoms. The summed E-state index contributed by atoms with van der Waals surface area (Å²) >= 11 is 0. The minimum absolute atomic E-state index is 0.479. The van der Waals surface area contributed by atoms with Gasteiger partial charge in [-0.25, -0.2) is 4.98 Å². The van der Waals surface area contributed by atoms with E-state index in [1.165, 1.54) is 0 Å². The predicted octanol–water partition coefficient (Wildman–Crippen LogP) is 3.51. The summed E-state index contributed by atoms with van der Waals surface area (Å²) in [4.78, 5) is 18.7. The number of hydrogen-bond acceptors (Lipinski definition) is 7. The van der Waals surface area contributed by atoms with Crippen LogP contribution in [0.3, 0.4) is 0 Å². The molecule has 0 radical (unpaired) electrons. The normalized spacial score (nSPS) is 17.4. The Bertz CT molecular complexity index is 1030. The van der Waals surface area contributed by atoms with Gasteiger partial charge in [-0.2, -0.15) is 4.98 Å². The molecule has 1 aromatic carbocycles. The van der Waals surface area contributed by atoms with E-state index in [2.05, 4.69) is 57.3 Å². The Hall–Kier alpha value is -2.93. The van der Waals surface area contributed by atoms with E-state index in [4.69, 9.17) is 9.72 Å². The van der Waals surface area contributed by atoms with E-state index >= 15 is 0 Å². The van der Waals surface area contributed by atoms with Crippen LogP contribution in [0, 0.1) is 6.92 Å². The van der Waals surface area contributed by atoms with E-state index in [-0.39, 0.29) is 0 Å². The molecule has 1 N–H and O–H groups in total. The third-order valence-electron chi connectivity index (χ3n) is 5.94. The van der Waals surface area contributed by atoms with Crippen molar-refractivity contribution in [2.75, 3.05) is 48.5 Å². The van der Waals surface area contributed by atoms with Crippen LogP contribution in [0.15, 0.2) is 36.7 Å². The highest BCUT2D eigenvalue weighted by Crippen LogP contribution is 2.34. The second-order valence-electron chi connectivity index (χ2n) is 7.85. The topological polar surface area (TPSA) is 66.4 Å². The Labute approximate surface area is 170 Å². The Morgan fingerprint density at radius 1 is 1.14 bits per heavy atom. The Balaban J connectivity index is 1.48. The average molecular weight is 390 g/mol. The number of rotatable bonds is 3. The summed E-state index contributed by atoms with van der Waals surface area (Å²) in [6.45, 7) is 5.69. The average Bonchev–Trinajstić information content (AvgIpc) is 2.75. The van der Waals surface area contributed by atoms with Crippen LogP contribution in [-0.2, 0) is 4.74 Å². The van der Waals surface area contributed by atoms with E-state index in [1.807, 2.05) is 18.5 Å². The first-order valence-corrected chi connectivity index (χ1v) is 10.2. The van der Waals surface area contributed by atoms with Gasteiger partial charge >= 0.3 is 0 Å². The number of hydrogen-bond donors (Lipinski definition) is 1. The van der Waals surface area contributed by atoms with Crippen molar-refractivity contribution in [2.45, 2.75) is 25.8 Å². The predicted molar refractivity (Wildman–Crippen MR) is 116 cm³/mol. The largest absolute Gasteiger partial charge is 0.381 e. The molecule has 3 aromatic rings. The summed E-state index contributed by atoms with van der Waals surface area (Å²) < 4.78 is 5.56. The van der Waals surface area contributed by atoms with Gasteiger partial charge in [0, 0.05) is 56.7 Å². The van der Waals surface area contributed by atoms with Crippen LogP contribution in [0.2, 0.25) is 0 Å². The van der Waals surface area contributed by atoms with Gasteiger partial charge < -0.3 is 19.9 Å². The molecule has 2 aromatic heterocycles. The number of likely N-dealkylation sites (N-methyl/N-ethyl adjacent to an activating group) is 1. The molecule has 1 fully saturated rings. The maximum atomic E-state index is 5.56. The molecule has 0 atom stereocenters. The van der Waals surface area contributed by atoms with Crippen LogP contribution in [0.1, 0.15) is 18.4 Å². The number of aryl methyl sites for hydroxylation is 1. The standard InChI is InChI=1S/C22H26N6O/c1-15-12-19-16(4-3-7-23-19)13-18(15)25-22-24-14-20-21(26-22)28(9-8-27(20)2)17-5-10-29-11-6-17/h3-4,7,12-14,17H,5-6,8-11H2,1-2H3,(H,24,25,26). The molecule has 0 unspecified atom stereocenters. The van der Waals surface area contributed by atoms with Crippen molar-refractivity contribution in [3.05, 3.63) is 42.2 Å². The second kappa shape index (κ2) is 7.48. The molecule has 4 heterocycles. The van der Waals surface area contributed by atoms with Crippen molar-refractivity contribution in [3.8, 4) is 0 Å². The molecule has 0 amide bonds. The number of aromatic nitrogens is 3. The van der Waals surface area contributed by atoms with Gasteiger partial charge in [0.2, 0.25) is 5.95 Å². The van der Waals surface area contributed by atoms with Crippen LogP contribution in [0.25, 0.3) is 10.9 Å². The fraction of sp³-hybridized carbons (Fsp3) is 0.409. The first-order chi connectivity index (χ1) is 14.2. The van der Waals surface area contributed by atoms with Gasteiger partial charge in [0.15, 0.2) is 5.82 Å². The number of pyridine rings is 1. The van der Waals surface area contributed by atoms with Gasteiger partial charge in [-0.05, 0) is 43.5 Å². The van der Waals surface area contributed by atoms with Crippen LogP contribution < -0.4 is 15.1 Å². The SMILES string of the molecule is Cc1cc2ncccc2cc1Nc1ncc2c(n1)N(C1CCOCC1)CCN2C. The lowest BCUT2D eigenvalue weighted by Crippen LogP contribution is -2.47. The summed E-state index contributed by atoms with van der Waals surface area (Å²) in [7, 11) is 2.11. The molecule has 7 nitrogen and oxygen atoms in total. The monoisotopic (exact) mass is 390 g/mol. The number of nitrogens with zero attached hydrogens (tertiary/aromatic N) is 5. The molecule has 0 aliphatic carbocycles. The summed E-state index contributed by atoms with van der Waals surface area (Å²) in [6, 6.07) is 8.72. The van der Waals surface area contributed by atoms with Gasteiger partial charge in [-0.1, -0.05) is 6.07 Å². The zero-order valence-corrected chi connectivity index (χ0v) is 16.9. The van der Waals surface area contributed by atoms with E-state index in [0.717, 1.165) is 72.8 Å². The van der Waals surface area contributed by atoms with Gasteiger partial charge in [0.1, 0.15) is 0 Å². The van der Waals surface area contributed by atoms with Crippen molar-refractivity contribution in [3.63, 3.8) is 0 Å². The Morgan fingerprint density at radius 2 is 2.00 bits per heavy atom. The molecule has 0 bridgehead atoms. The Morgan fingerprint density at radius 3 is 2.86 bits per heavy atom. The molecular formula is C22H26N6O. The van der Waals surface area contributed by atoms with Crippen LogP contribution in [-0.4, -0.2) is 54.3 Å². The van der Waals surface area contributed by atoms with E-state index in [9.17, 15) is 0 Å². The van der Waals surface area contributed by atoms with Crippen molar-refractivity contribution >= 4 is 34.0 Å². The molecule has 150 valence electrons. The molecule has 2 aliphatic rings. The van der Waals surface area contributed by atoms with Crippen molar-refractivity contribution < 1.29 is 4.74 Å². The maximum absolute atomic E-state index is 5.56. The highest BCUT2D eigenvalue weighted by molar-refractivity contribution is 5.85. The van der Waals surface area contributed by atoms with Crippen LogP contribution >= 0.6 is 0 Å². The first kappa shape index (κ1) is 18.1. The molecule has 0 spiro atoms. The van der Waals surface area contributed by atoms with Crippen molar-refractivity contribution in [2.24, 2.45) is 0 Å². The lowest BCUT2D eigenvalue weighted by Gasteiger charge is -2.41. The number of fused-ring (bicyclic) bond motifs is 2. The third kappa shape index (κ3) is 3.46. The fourth-order valence-electron chi connectivity index (χ4n) is 4.22. The van der Waals surface area contributed by atoms with E-state index in [0.29, 0.717) is 12.0 Å². The quantitative estimate of drug-likeness (QED) is 0.734. The molecular weight excluding hydrogens is 364 g/mol. The maximum Gasteiger partial charge on any atom is 0.229 e. The van der Waals surface area contributed by atoms with E-state index in [1.54, 1.807) is 0 Å². The van der Waals surface area contributed by atoms with Crippen LogP contribution in [0.5, 0.6) is 0 Å². The van der Waals surface area contributed by atoms with Gasteiger partial charge in [-0.15, -0.1) is 0 Å². The number of anilines is 4. The zero-order chi connectivity index (χ0) is 19.8. The third-order valence-corrected chi connectivity index (χ3v) is 5.94. The van der Waals surface area contributed by atoms with E-state index < -0.39 is 0 Å². The zero-order valence-electron chi connectivity index (χ0n) is 16.9. The van der Waals surface area contributed by atoms with Gasteiger partial charge in [0.05, 0.1) is 17.4 Å². The molecule has 7 heteroatoms. The van der Waals surface area contributed by atoms with Gasteiger partial charge in [0.25, 0.3) is 0 Å². The minimum Gasteiger partial charge on any atom is -0.381 e.